The predicted octanol–water partition coefficient (Wildman–Crippen LogP) is -0.922. The van der Waals surface area contributed by atoms with Crippen LogP contribution in [0.1, 0.15) is 5.69 Å². The number of hydrogen-bond acceptors (Lipinski definition) is 1. The van der Waals surface area contributed by atoms with E-state index < -0.39 is 0 Å². The van der Waals surface area contributed by atoms with E-state index in [0.717, 1.165) is 5.69 Å². The zero-order valence-corrected chi connectivity index (χ0v) is 5.68. The first-order valence-electron chi connectivity index (χ1n) is 2.44. The fraction of sp³-hybridized carbons (Fsp3) is 0.167. The van der Waals surface area contributed by atoms with Gasteiger partial charge in [-0.3, -0.25) is 0 Å². The van der Waals surface area contributed by atoms with E-state index in [1.807, 2.05) is 19.1 Å². The van der Waals surface area contributed by atoms with Gasteiger partial charge in [-0.1, -0.05) is 29.7 Å². The Morgan fingerprint density at radius 1 is 1.44 bits per heavy atom. The number of hydrogen-bond donors (Lipinski definition) is 0. The van der Waals surface area contributed by atoms with Crippen molar-refractivity contribution in [2.75, 3.05) is 0 Å². The average Bonchev–Trinajstić information content (AvgIpc) is 1.64. The van der Waals surface area contributed by atoms with Crippen LogP contribution in [0.15, 0.2) is 18.2 Å². The standard InChI is InChI=1S/C6H7N2.Li/c1-5-3-2-4-6(7)8-5;/h2-4H,1H3,(H-,7,8);/q-1;+1. The monoisotopic (exact) mass is 114 g/mol. The summed E-state index contributed by atoms with van der Waals surface area (Å²) in [6.45, 7) is 1.87. The number of nitrogens with one attached hydrogen (secondary N) is 1. The van der Waals surface area contributed by atoms with Crippen LogP contribution in [0.2, 0.25) is 0 Å². The SMILES string of the molecule is Cc1cccc([NH-])n1.[Li+]. The van der Waals surface area contributed by atoms with Gasteiger partial charge in [-0.2, -0.15) is 0 Å². The summed E-state index contributed by atoms with van der Waals surface area (Å²) in [5.41, 5.74) is 7.93. The van der Waals surface area contributed by atoms with Crippen molar-refractivity contribution >= 4 is 5.82 Å². The summed E-state index contributed by atoms with van der Waals surface area (Å²) >= 11 is 0. The second-order valence-corrected chi connectivity index (χ2v) is 1.66. The van der Waals surface area contributed by atoms with Crippen LogP contribution in [0.25, 0.3) is 5.73 Å². The third-order valence-electron chi connectivity index (χ3n) is 0.888. The van der Waals surface area contributed by atoms with Gasteiger partial charge in [0, 0.05) is 0 Å². The van der Waals surface area contributed by atoms with Crippen molar-refractivity contribution in [1.82, 2.24) is 4.98 Å². The first-order valence-corrected chi connectivity index (χ1v) is 2.44. The smallest absolute Gasteiger partial charge is 0.482 e. The molecular formula is C6H7LiN2. The molecule has 3 heteroatoms. The molecule has 0 spiro atoms. The molecule has 0 aliphatic carbocycles. The van der Waals surface area contributed by atoms with E-state index in [9.17, 15) is 0 Å². The zero-order chi connectivity index (χ0) is 5.98. The van der Waals surface area contributed by atoms with E-state index in [-0.39, 0.29) is 18.9 Å². The van der Waals surface area contributed by atoms with Gasteiger partial charge in [0.05, 0.1) is 0 Å². The van der Waals surface area contributed by atoms with Crippen molar-refractivity contribution < 1.29 is 18.9 Å². The van der Waals surface area contributed by atoms with E-state index in [2.05, 4.69) is 4.98 Å². The summed E-state index contributed by atoms with van der Waals surface area (Å²) in [4.78, 5) is 3.84. The Balaban J connectivity index is 0.000000640. The van der Waals surface area contributed by atoms with Crippen LogP contribution < -0.4 is 18.9 Å². The molecule has 42 valence electrons. The van der Waals surface area contributed by atoms with Gasteiger partial charge in [0.25, 0.3) is 0 Å². The van der Waals surface area contributed by atoms with E-state index in [1.165, 1.54) is 0 Å². The molecule has 1 rings (SSSR count). The molecule has 1 N–H and O–H groups in total. The van der Waals surface area contributed by atoms with E-state index >= 15 is 0 Å². The maximum atomic E-state index is 7.02. The Labute approximate surface area is 66.7 Å². The molecule has 0 saturated heterocycles. The molecule has 9 heavy (non-hydrogen) atoms. The van der Waals surface area contributed by atoms with Crippen LogP contribution >= 0.6 is 0 Å². The summed E-state index contributed by atoms with van der Waals surface area (Å²) in [5, 5.41) is 0. The van der Waals surface area contributed by atoms with Crippen LogP contribution in [0.3, 0.4) is 0 Å². The van der Waals surface area contributed by atoms with Gasteiger partial charge >= 0.3 is 18.9 Å². The van der Waals surface area contributed by atoms with Crippen molar-refractivity contribution in [3.05, 3.63) is 29.6 Å². The van der Waals surface area contributed by atoms with Gasteiger partial charge in [0.15, 0.2) is 0 Å². The van der Waals surface area contributed by atoms with Crippen molar-refractivity contribution in [3.63, 3.8) is 0 Å². The van der Waals surface area contributed by atoms with E-state index in [0.29, 0.717) is 5.82 Å². The van der Waals surface area contributed by atoms with Gasteiger partial charge in [-0.05, 0) is 6.92 Å². The Morgan fingerprint density at radius 3 is 2.44 bits per heavy atom. The molecule has 0 amide bonds. The predicted molar refractivity (Wildman–Crippen MR) is 33.0 cm³/mol. The molecule has 0 fully saturated rings. The fourth-order valence-corrected chi connectivity index (χ4v) is 0.543. The minimum absolute atomic E-state index is 0. The first kappa shape index (κ1) is 8.55. The van der Waals surface area contributed by atoms with Gasteiger partial charge < -0.3 is 10.7 Å². The number of pyridine rings is 1. The minimum atomic E-state index is 0. The summed E-state index contributed by atoms with van der Waals surface area (Å²) in [6, 6.07) is 5.36. The van der Waals surface area contributed by atoms with Gasteiger partial charge in [-0.25, -0.2) is 0 Å². The number of nitrogens with zero attached hydrogens (tertiary/aromatic N) is 1. The second-order valence-electron chi connectivity index (χ2n) is 1.66. The number of aryl methyl sites for hydroxylation is 1. The third kappa shape index (κ3) is 2.55. The summed E-state index contributed by atoms with van der Waals surface area (Å²) in [6.07, 6.45) is 0. The molecule has 0 saturated carbocycles. The van der Waals surface area contributed by atoms with Crippen LogP contribution in [-0.2, 0) is 0 Å². The molecule has 2 nitrogen and oxygen atoms in total. The molecule has 0 aromatic carbocycles. The number of aromatic nitrogens is 1. The van der Waals surface area contributed by atoms with Crippen molar-refractivity contribution in [1.29, 1.82) is 0 Å². The molecule has 1 heterocycles. The number of rotatable bonds is 0. The van der Waals surface area contributed by atoms with Crippen LogP contribution in [-0.4, -0.2) is 4.98 Å². The molecule has 1 aromatic heterocycles. The summed E-state index contributed by atoms with van der Waals surface area (Å²) < 4.78 is 0. The molecule has 0 atom stereocenters. The zero-order valence-electron chi connectivity index (χ0n) is 5.68. The summed E-state index contributed by atoms with van der Waals surface area (Å²) in [5.74, 6) is 0.338. The molecule has 0 radical (unpaired) electrons. The molecule has 1 aromatic rings. The van der Waals surface area contributed by atoms with Gasteiger partial charge in [0.1, 0.15) is 0 Å². The van der Waals surface area contributed by atoms with Crippen LogP contribution in [0.5, 0.6) is 0 Å². The average molecular weight is 114 g/mol. The molecular weight excluding hydrogens is 107 g/mol. The topological polar surface area (TPSA) is 36.7 Å². The van der Waals surface area contributed by atoms with E-state index in [1.54, 1.807) is 6.07 Å². The Bertz CT molecular complexity index is 171. The van der Waals surface area contributed by atoms with Crippen molar-refractivity contribution in [2.45, 2.75) is 6.92 Å². The normalized spacial score (nSPS) is 8.11. The van der Waals surface area contributed by atoms with Crippen molar-refractivity contribution in [3.8, 4) is 0 Å². The first-order chi connectivity index (χ1) is 3.79. The third-order valence-corrected chi connectivity index (χ3v) is 0.888. The van der Waals surface area contributed by atoms with Crippen molar-refractivity contribution in [2.24, 2.45) is 0 Å². The Morgan fingerprint density at radius 2 is 2.11 bits per heavy atom. The molecule has 0 aliphatic heterocycles. The van der Waals surface area contributed by atoms with Crippen LogP contribution in [0, 0.1) is 6.92 Å². The molecule has 0 unspecified atom stereocenters. The Hall–Kier alpha value is -0.453. The fourth-order valence-electron chi connectivity index (χ4n) is 0.543. The summed E-state index contributed by atoms with van der Waals surface area (Å²) in [7, 11) is 0. The van der Waals surface area contributed by atoms with Crippen LogP contribution in [0.4, 0.5) is 5.82 Å². The van der Waals surface area contributed by atoms with Gasteiger partial charge in [-0.15, -0.1) is 0 Å². The van der Waals surface area contributed by atoms with Gasteiger partial charge in [0.2, 0.25) is 0 Å². The Kier molecular flexibility index (Phi) is 3.37. The maximum absolute atomic E-state index is 7.02. The second kappa shape index (κ2) is 3.55. The maximum Gasteiger partial charge on any atom is 1.00 e. The van der Waals surface area contributed by atoms with E-state index in [4.69, 9.17) is 5.73 Å². The largest absolute Gasteiger partial charge is 1.00 e. The minimum Gasteiger partial charge on any atom is -0.482 e. The molecule has 0 bridgehead atoms. The molecule has 0 aliphatic rings. The quantitative estimate of drug-likeness (QED) is 0.402.